The summed E-state index contributed by atoms with van der Waals surface area (Å²) in [5.41, 5.74) is 0.854. The van der Waals surface area contributed by atoms with E-state index in [2.05, 4.69) is 20.7 Å². The van der Waals surface area contributed by atoms with E-state index in [0.717, 1.165) is 0 Å². The Hall–Kier alpha value is -3.23. The van der Waals surface area contributed by atoms with Gasteiger partial charge in [-0.05, 0) is 77.9 Å². The molecule has 1 heterocycles. The summed E-state index contributed by atoms with van der Waals surface area (Å²) in [6.45, 7) is 1.04. The minimum absolute atomic E-state index is 0.00597. The molecule has 11 nitrogen and oxygen atoms in total. The summed E-state index contributed by atoms with van der Waals surface area (Å²) in [5.74, 6) is -0.942. The summed E-state index contributed by atoms with van der Waals surface area (Å²) in [5, 5.41) is 9.48. The molecule has 226 valence electrons. The van der Waals surface area contributed by atoms with Gasteiger partial charge in [0.05, 0.1) is 13.5 Å². The highest BCUT2D eigenvalue weighted by molar-refractivity contribution is 14.1. The third-order valence-corrected chi connectivity index (χ3v) is 7.53. The minimum Gasteiger partial charge on any atom is -0.492 e. The number of likely N-dealkylation sites (N-methyl/N-ethyl adjacent to an activating group) is 1. The van der Waals surface area contributed by atoms with Crippen LogP contribution in [0.1, 0.15) is 46.4 Å². The second kappa shape index (κ2) is 16.4. The van der Waals surface area contributed by atoms with Crippen LogP contribution in [0.4, 0.5) is 0 Å². The number of amides is 3. The van der Waals surface area contributed by atoms with Gasteiger partial charge in [0, 0.05) is 54.8 Å². The van der Waals surface area contributed by atoms with Gasteiger partial charge in [-0.3, -0.25) is 24.0 Å². The van der Waals surface area contributed by atoms with Crippen LogP contribution >= 0.6 is 34.2 Å². The molecule has 2 aromatic rings. The van der Waals surface area contributed by atoms with E-state index in [0.29, 0.717) is 41.5 Å². The molecular weight excluding hydrogens is 679 g/mol. The molecule has 3 amide bonds. The summed E-state index contributed by atoms with van der Waals surface area (Å²) in [7, 11) is 2.76. The van der Waals surface area contributed by atoms with Crippen molar-refractivity contribution in [2.75, 3.05) is 33.9 Å². The number of esters is 1. The maximum absolute atomic E-state index is 13.2. The summed E-state index contributed by atoms with van der Waals surface area (Å²) in [4.78, 5) is 62.7. The first-order valence-electron chi connectivity index (χ1n) is 13.4. The van der Waals surface area contributed by atoms with Crippen LogP contribution in [0.5, 0.6) is 5.75 Å². The molecule has 42 heavy (non-hydrogen) atoms. The Kier molecular flexibility index (Phi) is 13.0. The number of ether oxygens (including phenoxy) is 2. The first-order chi connectivity index (χ1) is 20.1. The molecule has 1 aliphatic heterocycles. The Balaban J connectivity index is 1.51. The van der Waals surface area contributed by atoms with Crippen LogP contribution in [-0.2, 0) is 19.1 Å². The molecule has 0 unspecified atom stereocenters. The predicted molar refractivity (Wildman–Crippen MR) is 165 cm³/mol. The first kappa shape index (κ1) is 33.3. The second-order valence-corrected chi connectivity index (χ2v) is 11.4. The molecule has 0 aliphatic carbocycles. The number of rotatable bonds is 14. The molecule has 0 radical (unpaired) electrons. The number of methoxy groups -OCH3 is 1. The van der Waals surface area contributed by atoms with Crippen molar-refractivity contribution in [1.29, 1.82) is 0 Å². The largest absolute Gasteiger partial charge is 0.492 e. The fourth-order valence-electron chi connectivity index (χ4n) is 4.45. The lowest BCUT2D eigenvalue weighted by Gasteiger charge is -2.27. The van der Waals surface area contributed by atoms with Crippen LogP contribution in [0.25, 0.3) is 0 Å². The van der Waals surface area contributed by atoms with Crippen molar-refractivity contribution < 1.29 is 33.4 Å². The highest BCUT2D eigenvalue weighted by atomic mass is 127. The average molecular weight is 713 g/mol. The number of carbonyl (C=O) groups is 5. The lowest BCUT2D eigenvalue weighted by molar-refractivity contribution is -0.140. The normalized spacial score (nSPS) is 16.7. The fraction of sp³-hybridized carbons (Fsp3) is 0.414. The van der Waals surface area contributed by atoms with Crippen molar-refractivity contribution in [2.45, 2.75) is 43.8 Å². The molecule has 3 rings (SSSR count). The molecule has 2 aromatic carbocycles. The quantitative estimate of drug-likeness (QED) is 0.154. The molecule has 3 N–H and O–H groups in total. The number of hydrogen-bond acceptors (Lipinski definition) is 8. The van der Waals surface area contributed by atoms with Gasteiger partial charge in [-0.1, -0.05) is 17.7 Å². The van der Waals surface area contributed by atoms with Gasteiger partial charge in [-0.2, -0.15) is 0 Å². The SMILES string of the molecule is COC(=O)CCNC(=O)[C@H](CCC(=O)I)N(C)C(=O)c1ccc(OC[C@@H]2C[C@@H](NC(=O)c3cccc(Cl)c3)CN2)cc1. The standard InChI is InChI=1S/C29H34ClIN4O7/c1-35(24(10-11-25(31)36)28(39)32-13-12-26(37)41-2)29(40)18-6-8-23(9-7-18)42-17-22-15-21(16-33-22)34-27(38)19-4-3-5-20(30)14-19/h3-9,14,21-22,24,33H,10-13,15-17H2,1-2H3,(H,32,39)(H,34,38)/t21-,22+,24+/m1/s1. The Morgan fingerprint density at radius 3 is 2.50 bits per heavy atom. The van der Waals surface area contributed by atoms with Gasteiger partial charge in [-0.15, -0.1) is 0 Å². The van der Waals surface area contributed by atoms with Crippen molar-refractivity contribution in [1.82, 2.24) is 20.9 Å². The monoisotopic (exact) mass is 712 g/mol. The smallest absolute Gasteiger partial charge is 0.307 e. The van der Waals surface area contributed by atoms with Gasteiger partial charge in [0.25, 0.3) is 11.8 Å². The summed E-state index contributed by atoms with van der Waals surface area (Å²) >= 11 is 7.63. The molecule has 0 saturated carbocycles. The van der Waals surface area contributed by atoms with Gasteiger partial charge < -0.3 is 30.3 Å². The Morgan fingerprint density at radius 1 is 1.10 bits per heavy atom. The zero-order valence-corrected chi connectivity index (χ0v) is 26.3. The lowest BCUT2D eigenvalue weighted by atomic mass is 10.1. The highest BCUT2D eigenvalue weighted by Crippen LogP contribution is 2.18. The van der Waals surface area contributed by atoms with Crippen LogP contribution in [0.2, 0.25) is 5.02 Å². The number of hydrogen-bond donors (Lipinski definition) is 3. The lowest BCUT2D eigenvalue weighted by Crippen LogP contribution is -2.48. The van der Waals surface area contributed by atoms with Crippen molar-refractivity contribution in [2.24, 2.45) is 0 Å². The topological polar surface area (TPSA) is 143 Å². The zero-order chi connectivity index (χ0) is 30.6. The predicted octanol–water partition coefficient (Wildman–Crippen LogP) is 2.74. The van der Waals surface area contributed by atoms with Crippen molar-refractivity contribution in [3.63, 3.8) is 0 Å². The summed E-state index contributed by atoms with van der Waals surface area (Å²) in [6, 6.07) is 12.4. The number of nitrogens with one attached hydrogen (secondary N) is 3. The Morgan fingerprint density at radius 2 is 1.83 bits per heavy atom. The third-order valence-electron chi connectivity index (χ3n) is 6.76. The molecule has 0 bridgehead atoms. The maximum atomic E-state index is 13.2. The van der Waals surface area contributed by atoms with E-state index in [1.807, 2.05) is 0 Å². The van der Waals surface area contributed by atoms with Gasteiger partial charge in [0.2, 0.25) is 5.91 Å². The Bertz CT molecular complexity index is 1280. The molecular formula is C29H34ClIN4O7. The summed E-state index contributed by atoms with van der Waals surface area (Å²) < 4.78 is 10.3. The number of carbonyl (C=O) groups excluding carboxylic acids is 5. The molecule has 1 aliphatic rings. The average Bonchev–Trinajstić information content (AvgIpc) is 3.42. The van der Waals surface area contributed by atoms with Crippen LogP contribution in [0.15, 0.2) is 48.5 Å². The van der Waals surface area contributed by atoms with Gasteiger partial charge >= 0.3 is 5.97 Å². The van der Waals surface area contributed by atoms with E-state index in [-0.39, 0.29) is 47.6 Å². The molecule has 0 spiro atoms. The number of halogens is 2. The Labute approximate surface area is 263 Å². The van der Waals surface area contributed by atoms with E-state index in [9.17, 15) is 24.0 Å². The van der Waals surface area contributed by atoms with Crippen LogP contribution in [0, 0.1) is 0 Å². The number of benzene rings is 2. The number of nitrogens with zero attached hydrogens (tertiary/aromatic N) is 1. The third kappa shape index (κ3) is 10.2. The molecule has 0 aromatic heterocycles. The van der Waals surface area contributed by atoms with E-state index in [4.69, 9.17) is 16.3 Å². The molecule has 13 heteroatoms. The van der Waals surface area contributed by atoms with Crippen LogP contribution in [0.3, 0.4) is 0 Å². The van der Waals surface area contributed by atoms with Crippen LogP contribution < -0.4 is 20.7 Å². The molecule has 1 fully saturated rings. The molecule has 1 saturated heterocycles. The minimum atomic E-state index is -0.898. The van der Waals surface area contributed by atoms with Crippen LogP contribution in [-0.4, -0.2) is 84.4 Å². The zero-order valence-electron chi connectivity index (χ0n) is 23.4. The fourth-order valence-corrected chi connectivity index (χ4v) is 4.95. The van der Waals surface area contributed by atoms with E-state index in [1.54, 1.807) is 71.1 Å². The second-order valence-electron chi connectivity index (χ2n) is 9.80. The van der Waals surface area contributed by atoms with Gasteiger partial charge in [0.1, 0.15) is 18.4 Å². The summed E-state index contributed by atoms with van der Waals surface area (Å²) in [6.07, 6.45) is 0.940. The first-order valence-corrected chi connectivity index (χ1v) is 14.9. The molecule has 3 atom stereocenters. The maximum Gasteiger partial charge on any atom is 0.307 e. The van der Waals surface area contributed by atoms with Crippen molar-refractivity contribution in [3.05, 3.63) is 64.7 Å². The van der Waals surface area contributed by atoms with E-state index in [1.165, 1.54) is 19.1 Å². The van der Waals surface area contributed by atoms with E-state index < -0.39 is 23.8 Å². The van der Waals surface area contributed by atoms with Crippen molar-refractivity contribution >= 4 is 61.7 Å². The van der Waals surface area contributed by atoms with E-state index >= 15 is 0 Å². The van der Waals surface area contributed by atoms with Crippen molar-refractivity contribution in [3.8, 4) is 5.75 Å². The van der Waals surface area contributed by atoms with Gasteiger partial charge in [0.15, 0.2) is 3.79 Å². The highest BCUT2D eigenvalue weighted by Gasteiger charge is 2.29. The van der Waals surface area contributed by atoms with Gasteiger partial charge in [-0.25, -0.2) is 0 Å².